The zero-order valence-corrected chi connectivity index (χ0v) is 11.2. The number of carbonyl (C=O) groups excluding carboxylic acids is 1. The molecule has 0 spiro atoms. The number of fused-ring (bicyclic) bond motifs is 2. The fourth-order valence-corrected chi connectivity index (χ4v) is 3.27. The number of hydrogen-bond acceptors (Lipinski definition) is 4. The normalized spacial score (nSPS) is 46.3. The molecule has 0 aromatic heterocycles. The standard InChI is InChI=1S/C15H20O4/c1-8-4-5-13-15(3,19-13)7-12-10(6-11(8)16)9(2)14(17)18-12/h10-13,16H,1-2,4-7H2,3H3. The Bertz CT molecular complexity index is 455. The molecule has 104 valence electrons. The van der Waals surface area contributed by atoms with Crippen LogP contribution in [0.15, 0.2) is 24.3 Å². The number of ether oxygens (including phenoxy) is 2. The third-order valence-electron chi connectivity index (χ3n) is 4.73. The van der Waals surface area contributed by atoms with Crippen molar-refractivity contribution in [2.45, 2.75) is 56.5 Å². The molecule has 0 aromatic rings. The lowest BCUT2D eigenvalue weighted by atomic mass is 9.82. The monoisotopic (exact) mass is 264 g/mol. The van der Waals surface area contributed by atoms with Gasteiger partial charge in [-0.1, -0.05) is 13.2 Å². The van der Waals surface area contributed by atoms with Crippen molar-refractivity contribution in [3.63, 3.8) is 0 Å². The molecular formula is C15H20O4. The van der Waals surface area contributed by atoms with Crippen molar-refractivity contribution in [1.82, 2.24) is 0 Å². The van der Waals surface area contributed by atoms with Crippen LogP contribution in [0.25, 0.3) is 0 Å². The predicted molar refractivity (Wildman–Crippen MR) is 69.4 cm³/mol. The minimum Gasteiger partial charge on any atom is -0.458 e. The van der Waals surface area contributed by atoms with E-state index in [1.165, 1.54) is 0 Å². The Morgan fingerprint density at radius 3 is 2.89 bits per heavy atom. The van der Waals surface area contributed by atoms with Crippen LogP contribution in [-0.2, 0) is 14.3 Å². The van der Waals surface area contributed by atoms with Crippen molar-refractivity contribution >= 4 is 5.97 Å². The average Bonchev–Trinajstić information content (AvgIpc) is 2.93. The Kier molecular flexibility index (Phi) is 2.84. The van der Waals surface area contributed by atoms with Gasteiger partial charge in [-0.05, 0) is 31.8 Å². The quantitative estimate of drug-likeness (QED) is 0.313. The first kappa shape index (κ1) is 12.9. The van der Waals surface area contributed by atoms with Gasteiger partial charge in [-0.3, -0.25) is 0 Å². The largest absolute Gasteiger partial charge is 0.458 e. The van der Waals surface area contributed by atoms with Gasteiger partial charge in [-0.15, -0.1) is 0 Å². The zero-order chi connectivity index (χ0) is 13.8. The van der Waals surface area contributed by atoms with Gasteiger partial charge in [0.25, 0.3) is 0 Å². The van der Waals surface area contributed by atoms with E-state index in [4.69, 9.17) is 9.47 Å². The molecule has 5 unspecified atom stereocenters. The average molecular weight is 264 g/mol. The van der Waals surface area contributed by atoms with Gasteiger partial charge < -0.3 is 14.6 Å². The van der Waals surface area contributed by atoms with Gasteiger partial charge in [-0.2, -0.15) is 0 Å². The van der Waals surface area contributed by atoms with Crippen LogP contribution in [0.1, 0.15) is 32.6 Å². The maximum Gasteiger partial charge on any atom is 0.334 e. The van der Waals surface area contributed by atoms with Crippen LogP contribution in [0, 0.1) is 5.92 Å². The summed E-state index contributed by atoms with van der Waals surface area (Å²) >= 11 is 0. The highest BCUT2D eigenvalue weighted by molar-refractivity contribution is 5.90. The van der Waals surface area contributed by atoms with Crippen LogP contribution < -0.4 is 0 Å². The number of aliphatic hydroxyl groups is 1. The Morgan fingerprint density at radius 1 is 1.42 bits per heavy atom. The molecule has 0 amide bonds. The van der Waals surface area contributed by atoms with Crippen LogP contribution in [0.4, 0.5) is 0 Å². The summed E-state index contributed by atoms with van der Waals surface area (Å²) in [6, 6.07) is 0. The fourth-order valence-electron chi connectivity index (χ4n) is 3.27. The van der Waals surface area contributed by atoms with E-state index in [2.05, 4.69) is 20.1 Å². The van der Waals surface area contributed by atoms with Gasteiger partial charge in [-0.25, -0.2) is 4.79 Å². The Labute approximate surface area is 113 Å². The molecule has 0 bridgehead atoms. The molecule has 19 heavy (non-hydrogen) atoms. The van der Waals surface area contributed by atoms with E-state index < -0.39 is 6.10 Å². The van der Waals surface area contributed by atoms with E-state index >= 15 is 0 Å². The lowest BCUT2D eigenvalue weighted by Gasteiger charge is -2.24. The van der Waals surface area contributed by atoms with Gasteiger partial charge in [0.1, 0.15) is 6.10 Å². The van der Waals surface area contributed by atoms with Crippen LogP contribution >= 0.6 is 0 Å². The topological polar surface area (TPSA) is 59.1 Å². The van der Waals surface area contributed by atoms with Crippen molar-refractivity contribution in [3.8, 4) is 0 Å². The molecule has 3 fully saturated rings. The SMILES string of the molecule is C=C1CCC2OC2(C)CC2OC(=O)C(=C)C2CC1O. The molecule has 2 aliphatic heterocycles. The van der Waals surface area contributed by atoms with Crippen LogP contribution in [-0.4, -0.2) is 35.0 Å². The number of rotatable bonds is 0. The molecule has 0 aromatic carbocycles. The predicted octanol–water partition coefficient (Wildman–Crippen LogP) is 1.73. The molecule has 3 rings (SSSR count). The molecule has 1 saturated carbocycles. The van der Waals surface area contributed by atoms with E-state index in [0.717, 1.165) is 18.4 Å². The Morgan fingerprint density at radius 2 is 2.16 bits per heavy atom. The Hall–Kier alpha value is -1.13. The second kappa shape index (κ2) is 4.18. The van der Waals surface area contributed by atoms with Crippen molar-refractivity contribution < 1.29 is 19.4 Å². The number of esters is 1. The molecule has 3 aliphatic rings. The van der Waals surface area contributed by atoms with E-state index in [1.54, 1.807) is 0 Å². The summed E-state index contributed by atoms with van der Waals surface area (Å²) in [4.78, 5) is 11.7. The number of carbonyl (C=O) groups is 1. The maximum absolute atomic E-state index is 11.7. The number of aliphatic hydroxyl groups excluding tert-OH is 1. The van der Waals surface area contributed by atoms with E-state index in [9.17, 15) is 9.90 Å². The molecular weight excluding hydrogens is 244 g/mol. The molecule has 1 N–H and O–H groups in total. The third-order valence-corrected chi connectivity index (χ3v) is 4.73. The first-order valence-electron chi connectivity index (χ1n) is 6.84. The van der Waals surface area contributed by atoms with Crippen molar-refractivity contribution in [2.75, 3.05) is 0 Å². The minimum atomic E-state index is -0.596. The van der Waals surface area contributed by atoms with E-state index in [-0.39, 0.29) is 29.7 Å². The number of hydrogen-bond donors (Lipinski definition) is 1. The smallest absolute Gasteiger partial charge is 0.334 e. The van der Waals surface area contributed by atoms with Gasteiger partial charge in [0.2, 0.25) is 0 Å². The zero-order valence-electron chi connectivity index (χ0n) is 11.2. The fraction of sp³-hybridized carbons (Fsp3) is 0.667. The molecule has 2 saturated heterocycles. The van der Waals surface area contributed by atoms with Crippen molar-refractivity contribution in [3.05, 3.63) is 24.3 Å². The van der Waals surface area contributed by atoms with Gasteiger partial charge in [0, 0.05) is 17.9 Å². The van der Waals surface area contributed by atoms with Crippen molar-refractivity contribution in [1.29, 1.82) is 0 Å². The van der Waals surface area contributed by atoms with Crippen LogP contribution in [0.2, 0.25) is 0 Å². The van der Waals surface area contributed by atoms with Gasteiger partial charge in [0.05, 0.1) is 17.8 Å². The second-order valence-electron chi connectivity index (χ2n) is 6.15. The van der Waals surface area contributed by atoms with Crippen molar-refractivity contribution in [2.24, 2.45) is 5.92 Å². The summed E-state index contributed by atoms with van der Waals surface area (Å²) in [7, 11) is 0. The Balaban J connectivity index is 1.85. The first-order valence-corrected chi connectivity index (χ1v) is 6.84. The molecule has 0 radical (unpaired) electrons. The molecule has 5 atom stereocenters. The summed E-state index contributed by atoms with van der Waals surface area (Å²) < 4.78 is 11.2. The summed E-state index contributed by atoms with van der Waals surface area (Å²) in [5.41, 5.74) is 1.08. The van der Waals surface area contributed by atoms with Crippen LogP contribution in [0.3, 0.4) is 0 Å². The van der Waals surface area contributed by atoms with E-state index in [0.29, 0.717) is 18.4 Å². The third kappa shape index (κ3) is 2.13. The lowest BCUT2D eigenvalue weighted by Crippen LogP contribution is -2.29. The highest BCUT2D eigenvalue weighted by Crippen LogP contribution is 2.48. The highest BCUT2D eigenvalue weighted by Gasteiger charge is 2.56. The highest BCUT2D eigenvalue weighted by atomic mass is 16.6. The second-order valence-corrected chi connectivity index (χ2v) is 6.15. The van der Waals surface area contributed by atoms with Gasteiger partial charge >= 0.3 is 5.97 Å². The van der Waals surface area contributed by atoms with Crippen LogP contribution in [0.5, 0.6) is 0 Å². The molecule has 2 heterocycles. The summed E-state index contributed by atoms with van der Waals surface area (Å²) in [6.07, 6.45) is 2.15. The van der Waals surface area contributed by atoms with E-state index in [1.807, 2.05) is 0 Å². The summed E-state index contributed by atoms with van der Waals surface area (Å²) in [5.74, 6) is -0.466. The summed E-state index contributed by atoms with van der Waals surface area (Å²) in [6.45, 7) is 9.81. The maximum atomic E-state index is 11.7. The lowest BCUT2D eigenvalue weighted by molar-refractivity contribution is -0.139. The number of epoxide rings is 1. The molecule has 4 nitrogen and oxygen atoms in total. The molecule has 4 heteroatoms. The molecule has 1 aliphatic carbocycles. The summed E-state index contributed by atoms with van der Waals surface area (Å²) in [5, 5.41) is 10.2. The first-order chi connectivity index (χ1) is 8.90. The van der Waals surface area contributed by atoms with Gasteiger partial charge in [0.15, 0.2) is 0 Å². The minimum absolute atomic E-state index is 0.126.